The molecule has 0 spiro atoms. The molecular weight excluding hydrogens is 445 g/mol. The molecule has 0 aliphatic carbocycles. The van der Waals surface area contributed by atoms with E-state index in [1.807, 2.05) is 31.3 Å². The van der Waals surface area contributed by atoms with E-state index in [2.05, 4.69) is 52.8 Å². The van der Waals surface area contributed by atoms with Gasteiger partial charge in [-0.3, -0.25) is 0 Å². The minimum Gasteiger partial charge on any atom is -0.362 e. The molecule has 5 nitrogen and oxygen atoms in total. The van der Waals surface area contributed by atoms with Crippen molar-refractivity contribution in [2.45, 2.75) is 19.9 Å². The first-order valence-corrected chi connectivity index (χ1v) is 9.12. The van der Waals surface area contributed by atoms with Crippen LogP contribution in [0.25, 0.3) is 0 Å². The molecule has 0 atom stereocenters. The maximum atomic E-state index is 4.79. The maximum absolute atomic E-state index is 4.79. The van der Waals surface area contributed by atoms with Crippen LogP contribution in [0.1, 0.15) is 17.4 Å². The van der Waals surface area contributed by atoms with E-state index in [1.54, 1.807) is 11.3 Å². The van der Waals surface area contributed by atoms with Crippen LogP contribution in [0.2, 0.25) is 0 Å². The van der Waals surface area contributed by atoms with Gasteiger partial charge in [0.2, 0.25) is 0 Å². The summed E-state index contributed by atoms with van der Waals surface area (Å²) in [4.78, 5) is 14.9. The van der Waals surface area contributed by atoms with Gasteiger partial charge in [-0.05, 0) is 30.9 Å². The van der Waals surface area contributed by atoms with Crippen molar-refractivity contribution in [3.8, 4) is 0 Å². The number of guanidine groups is 1. The lowest BCUT2D eigenvalue weighted by molar-refractivity contribution is 0.486. The molecule has 0 aliphatic heterocycles. The summed E-state index contributed by atoms with van der Waals surface area (Å²) < 4.78 is 0. The van der Waals surface area contributed by atoms with E-state index in [0.717, 1.165) is 36.9 Å². The Morgan fingerprint density at radius 1 is 1.24 bits per heavy atom. The second-order valence-electron chi connectivity index (χ2n) is 5.80. The third kappa shape index (κ3) is 6.81. The van der Waals surface area contributed by atoms with Gasteiger partial charge >= 0.3 is 0 Å². The van der Waals surface area contributed by atoms with Crippen LogP contribution >= 0.6 is 35.3 Å². The van der Waals surface area contributed by atoms with Gasteiger partial charge in [0.05, 0.1) is 6.54 Å². The van der Waals surface area contributed by atoms with Gasteiger partial charge in [-0.15, -0.1) is 35.3 Å². The Bertz CT molecular complexity index is 643. The Hall–Kier alpha value is -1.35. The highest BCUT2D eigenvalue weighted by Crippen LogP contribution is 2.15. The van der Waals surface area contributed by atoms with Crippen molar-refractivity contribution >= 4 is 47.1 Å². The quantitative estimate of drug-likeness (QED) is 0.380. The Morgan fingerprint density at radius 3 is 2.68 bits per heavy atom. The molecule has 2 heterocycles. The number of aromatic nitrogens is 1. The molecule has 7 heteroatoms. The predicted octanol–water partition coefficient (Wildman–Crippen LogP) is 3.47. The van der Waals surface area contributed by atoms with Crippen LogP contribution in [-0.2, 0) is 13.0 Å². The molecule has 0 unspecified atom stereocenters. The van der Waals surface area contributed by atoms with Gasteiger partial charge in [-0.2, -0.15) is 0 Å². The number of rotatable bonds is 7. The summed E-state index contributed by atoms with van der Waals surface area (Å²) in [6.45, 7) is 4.51. The first-order chi connectivity index (χ1) is 11.6. The third-order valence-electron chi connectivity index (χ3n) is 3.66. The first kappa shape index (κ1) is 21.7. The molecular formula is C18H28IN5S. The van der Waals surface area contributed by atoms with Crippen LogP contribution < -0.4 is 10.2 Å². The summed E-state index contributed by atoms with van der Waals surface area (Å²) in [5.74, 6) is 1.90. The number of halogens is 1. The van der Waals surface area contributed by atoms with Crippen LogP contribution in [0.4, 0.5) is 5.82 Å². The monoisotopic (exact) mass is 473 g/mol. The molecule has 0 radical (unpaired) electrons. The number of likely N-dealkylation sites (N-methyl/N-ethyl adjacent to an activating group) is 1. The summed E-state index contributed by atoms with van der Waals surface area (Å²) >= 11 is 1.80. The fraction of sp³-hybridized carbons (Fsp3) is 0.444. The summed E-state index contributed by atoms with van der Waals surface area (Å²) in [5.41, 5.74) is 1.13. The van der Waals surface area contributed by atoms with Gasteiger partial charge in [-0.25, -0.2) is 9.98 Å². The molecule has 0 saturated heterocycles. The predicted molar refractivity (Wildman–Crippen MR) is 119 cm³/mol. The van der Waals surface area contributed by atoms with E-state index in [-0.39, 0.29) is 24.0 Å². The second kappa shape index (κ2) is 11.3. The normalized spacial score (nSPS) is 11.0. The molecule has 0 aliphatic rings. The van der Waals surface area contributed by atoms with Crippen LogP contribution in [0.3, 0.4) is 0 Å². The highest BCUT2D eigenvalue weighted by molar-refractivity contribution is 14.0. The Morgan fingerprint density at radius 2 is 2.04 bits per heavy atom. The van der Waals surface area contributed by atoms with Crippen molar-refractivity contribution in [1.29, 1.82) is 0 Å². The number of nitrogens with one attached hydrogen (secondary N) is 1. The van der Waals surface area contributed by atoms with Crippen LogP contribution in [0.15, 0.2) is 40.8 Å². The third-order valence-corrected chi connectivity index (χ3v) is 4.60. The average molecular weight is 473 g/mol. The number of hydrogen-bond donors (Lipinski definition) is 1. The smallest absolute Gasteiger partial charge is 0.193 e. The van der Waals surface area contributed by atoms with E-state index in [1.165, 1.54) is 4.88 Å². The summed E-state index contributed by atoms with van der Waals surface area (Å²) in [7, 11) is 6.10. The van der Waals surface area contributed by atoms with Crippen molar-refractivity contribution in [2.75, 3.05) is 39.1 Å². The lowest BCUT2D eigenvalue weighted by Gasteiger charge is -2.22. The fourth-order valence-electron chi connectivity index (χ4n) is 2.42. The minimum atomic E-state index is 0. The molecule has 25 heavy (non-hydrogen) atoms. The molecule has 0 amide bonds. The molecule has 0 bridgehead atoms. The summed E-state index contributed by atoms with van der Waals surface area (Å²) in [6.07, 6.45) is 2.86. The first-order valence-electron chi connectivity index (χ1n) is 8.24. The fourth-order valence-corrected chi connectivity index (χ4v) is 3.12. The van der Waals surface area contributed by atoms with Crippen LogP contribution in [0, 0.1) is 0 Å². The van der Waals surface area contributed by atoms with Crippen LogP contribution in [-0.4, -0.2) is 50.1 Å². The second-order valence-corrected chi connectivity index (χ2v) is 6.83. The molecule has 0 saturated carbocycles. The molecule has 1 N–H and O–H groups in total. The Kier molecular flexibility index (Phi) is 9.81. The van der Waals surface area contributed by atoms with Crippen molar-refractivity contribution in [2.24, 2.45) is 4.99 Å². The summed E-state index contributed by atoms with van der Waals surface area (Å²) in [6, 6.07) is 8.33. The molecule has 0 aromatic carbocycles. The van der Waals surface area contributed by atoms with Gasteiger partial charge in [0.1, 0.15) is 5.82 Å². The zero-order valence-corrected chi connectivity index (χ0v) is 18.5. The maximum Gasteiger partial charge on any atom is 0.193 e. The van der Waals surface area contributed by atoms with E-state index >= 15 is 0 Å². The Labute approximate surface area is 172 Å². The van der Waals surface area contributed by atoms with Gasteiger partial charge in [-0.1, -0.05) is 12.1 Å². The lowest BCUT2D eigenvalue weighted by Crippen LogP contribution is -2.39. The van der Waals surface area contributed by atoms with E-state index in [9.17, 15) is 0 Å². The van der Waals surface area contributed by atoms with Gasteiger partial charge in [0, 0.05) is 50.9 Å². The molecule has 138 valence electrons. The Balaban J connectivity index is 0.00000312. The number of nitrogens with zero attached hydrogens (tertiary/aromatic N) is 4. The van der Waals surface area contributed by atoms with E-state index in [0.29, 0.717) is 6.54 Å². The van der Waals surface area contributed by atoms with Crippen molar-refractivity contribution in [3.63, 3.8) is 0 Å². The highest BCUT2D eigenvalue weighted by atomic mass is 127. The molecule has 0 fully saturated rings. The summed E-state index contributed by atoms with van der Waals surface area (Å²) in [5, 5.41) is 5.50. The molecule has 2 aromatic rings. The zero-order valence-electron chi connectivity index (χ0n) is 15.4. The molecule has 2 rings (SSSR count). The molecule has 2 aromatic heterocycles. The average Bonchev–Trinajstić information content (AvgIpc) is 3.10. The number of anilines is 1. The number of aliphatic imine (C=N–C) groups is 1. The minimum absolute atomic E-state index is 0. The van der Waals surface area contributed by atoms with E-state index in [4.69, 9.17) is 4.99 Å². The van der Waals surface area contributed by atoms with Crippen molar-refractivity contribution in [1.82, 2.24) is 15.2 Å². The van der Waals surface area contributed by atoms with Crippen molar-refractivity contribution in [3.05, 3.63) is 46.3 Å². The number of hydrogen-bond acceptors (Lipinski definition) is 4. The lowest BCUT2D eigenvalue weighted by atomic mass is 10.2. The number of pyridine rings is 1. The largest absolute Gasteiger partial charge is 0.362 e. The van der Waals surface area contributed by atoms with Crippen LogP contribution in [0.5, 0.6) is 0 Å². The van der Waals surface area contributed by atoms with Gasteiger partial charge < -0.3 is 15.1 Å². The SMILES string of the molecule is CCNC(=NCc1cccnc1N(C)C)N(C)CCc1cccs1.I. The van der Waals surface area contributed by atoms with E-state index < -0.39 is 0 Å². The zero-order chi connectivity index (χ0) is 17.4. The highest BCUT2D eigenvalue weighted by Gasteiger charge is 2.08. The van der Waals surface area contributed by atoms with Gasteiger partial charge in [0.25, 0.3) is 0 Å². The number of thiophene rings is 1. The standard InChI is InChI=1S/C18H27N5S.HI/c1-5-19-18(23(4)12-10-16-9-7-13-24-16)21-14-15-8-6-11-20-17(15)22(2)3;/h6-9,11,13H,5,10,12,14H2,1-4H3,(H,19,21);1H. The van der Waals surface area contributed by atoms with Crippen molar-refractivity contribution < 1.29 is 0 Å². The van der Waals surface area contributed by atoms with Gasteiger partial charge in [0.15, 0.2) is 5.96 Å². The topological polar surface area (TPSA) is 43.8 Å².